The fourth-order valence-electron chi connectivity index (χ4n) is 1.83. The monoisotopic (exact) mass is 165 g/mol. The second kappa shape index (κ2) is 2.69. The summed E-state index contributed by atoms with van der Waals surface area (Å²) < 4.78 is 1.69. The third-order valence-corrected chi connectivity index (χ3v) is 2.57. The molecule has 4 heteroatoms. The summed E-state index contributed by atoms with van der Waals surface area (Å²) in [5.74, 6) is 0. The summed E-state index contributed by atoms with van der Waals surface area (Å²) in [4.78, 5) is 10.9. The summed E-state index contributed by atoms with van der Waals surface area (Å²) >= 11 is 0. The topological polar surface area (TPSA) is 47.8 Å². The van der Waals surface area contributed by atoms with Crippen molar-refractivity contribution in [3.05, 3.63) is 12.4 Å². The van der Waals surface area contributed by atoms with E-state index in [1.165, 1.54) is 0 Å². The van der Waals surface area contributed by atoms with E-state index in [1.54, 1.807) is 17.1 Å². The Balaban J connectivity index is 2.34. The van der Waals surface area contributed by atoms with Gasteiger partial charge in [-0.3, -0.25) is 0 Å². The van der Waals surface area contributed by atoms with Crippen molar-refractivity contribution < 1.29 is 4.79 Å². The summed E-state index contributed by atoms with van der Waals surface area (Å²) in [6.07, 6.45) is 8.41. The number of hydrogen-bond donors (Lipinski definition) is 0. The average Bonchev–Trinajstić information content (AvgIpc) is 2.76. The Hall–Kier alpha value is -1.19. The van der Waals surface area contributed by atoms with Crippen LogP contribution in [0.15, 0.2) is 12.4 Å². The first-order chi connectivity index (χ1) is 5.87. The van der Waals surface area contributed by atoms with Gasteiger partial charge in [-0.05, 0) is 12.8 Å². The highest BCUT2D eigenvalue weighted by atomic mass is 16.1. The largest absolute Gasteiger partial charge is 0.301 e. The van der Waals surface area contributed by atoms with Crippen LogP contribution in [0.4, 0.5) is 0 Å². The minimum absolute atomic E-state index is 0.378. The number of rotatable bonds is 2. The van der Waals surface area contributed by atoms with Crippen LogP contribution in [0.2, 0.25) is 0 Å². The van der Waals surface area contributed by atoms with Crippen LogP contribution in [0.5, 0.6) is 0 Å². The van der Waals surface area contributed by atoms with Gasteiger partial charge in [-0.1, -0.05) is 18.1 Å². The molecule has 0 saturated heterocycles. The maximum absolute atomic E-state index is 10.9. The Bertz CT molecular complexity index is 262. The van der Waals surface area contributed by atoms with Crippen molar-refractivity contribution in [3.8, 4) is 0 Å². The van der Waals surface area contributed by atoms with Gasteiger partial charge in [-0.15, -0.1) is 5.10 Å². The summed E-state index contributed by atoms with van der Waals surface area (Å²) in [7, 11) is 0. The number of carbonyl (C=O) groups excluding carboxylic acids is 1. The molecule has 1 aromatic rings. The van der Waals surface area contributed by atoms with Gasteiger partial charge in [0.25, 0.3) is 0 Å². The van der Waals surface area contributed by atoms with Gasteiger partial charge in [0.1, 0.15) is 11.8 Å². The maximum Gasteiger partial charge on any atom is 0.147 e. The Morgan fingerprint density at radius 1 is 1.42 bits per heavy atom. The van der Waals surface area contributed by atoms with E-state index in [0.29, 0.717) is 0 Å². The molecule has 1 heterocycles. The zero-order valence-corrected chi connectivity index (χ0v) is 6.81. The number of carbonyl (C=O) groups is 1. The van der Waals surface area contributed by atoms with Gasteiger partial charge >= 0.3 is 0 Å². The number of nitrogens with zero attached hydrogens (tertiary/aromatic N) is 3. The molecule has 0 amide bonds. The number of aromatic nitrogens is 3. The molecule has 0 unspecified atom stereocenters. The highest BCUT2D eigenvalue weighted by Crippen LogP contribution is 2.33. The van der Waals surface area contributed by atoms with Crippen LogP contribution in [-0.4, -0.2) is 21.3 Å². The van der Waals surface area contributed by atoms with Crippen molar-refractivity contribution >= 4 is 6.29 Å². The van der Waals surface area contributed by atoms with E-state index >= 15 is 0 Å². The molecule has 1 fully saturated rings. The van der Waals surface area contributed by atoms with E-state index in [4.69, 9.17) is 0 Å². The van der Waals surface area contributed by atoms with Gasteiger partial charge in [0.15, 0.2) is 0 Å². The number of hydrogen-bond acceptors (Lipinski definition) is 3. The van der Waals surface area contributed by atoms with Crippen LogP contribution < -0.4 is 0 Å². The smallest absolute Gasteiger partial charge is 0.147 e. The molecule has 0 aromatic carbocycles. The van der Waals surface area contributed by atoms with Gasteiger partial charge in [-0.2, -0.15) is 0 Å². The Labute approximate surface area is 70.6 Å². The van der Waals surface area contributed by atoms with Crippen LogP contribution in [0.25, 0.3) is 0 Å². The third-order valence-electron chi connectivity index (χ3n) is 2.57. The molecule has 1 aromatic heterocycles. The average molecular weight is 165 g/mol. The van der Waals surface area contributed by atoms with Gasteiger partial charge in [0.2, 0.25) is 0 Å². The van der Waals surface area contributed by atoms with Gasteiger partial charge < -0.3 is 4.79 Å². The fourth-order valence-corrected chi connectivity index (χ4v) is 1.83. The molecule has 1 aliphatic rings. The predicted molar refractivity (Wildman–Crippen MR) is 42.5 cm³/mol. The molecule has 4 nitrogen and oxygen atoms in total. The van der Waals surface area contributed by atoms with E-state index in [-0.39, 0.29) is 5.54 Å². The van der Waals surface area contributed by atoms with Gasteiger partial charge in [0, 0.05) is 6.20 Å². The van der Waals surface area contributed by atoms with E-state index < -0.39 is 0 Å². The lowest BCUT2D eigenvalue weighted by Gasteiger charge is -2.20. The normalized spacial score (nSPS) is 21.0. The third kappa shape index (κ3) is 0.948. The van der Waals surface area contributed by atoms with Crippen LogP contribution in [0.1, 0.15) is 25.7 Å². The van der Waals surface area contributed by atoms with E-state index in [0.717, 1.165) is 32.0 Å². The minimum Gasteiger partial charge on any atom is -0.301 e. The van der Waals surface area contributed by atoms with Gasteiger partial charge in [-0.25, -0.2) is 4.68 Å². The lowest BCUT2D eigenvalue weighted by Crippen LogP contribution is -2.32. The number of aldehydes is 1. The lowest BCUT2D eigenvalue weighted by molar-refractivity contribution is -0.115. The molecule has 64 valence electrons. The van der Waals surface area contributed by atoms with Crippen molar-refractivity contribution in [1.82, 2.24) is 15.0 Å². The molecule has 1 saturated carbocycles. The highest BCUT2D eigenvalue weighted by molar-refractivity contribution is 5.62. The molecule has 0 spiro atoms. The first-order valence-electron chi connectivity index (χ1n) is 4.20. The van der Waals surface area contributed by atoms with Crippen molar-refractivity contribution in [2.24, 2.45) is 0 Å². The predicted octanol–water partition coefficient (Wildman–Crippen LogP) is 0.746. The van der Waals surface area contributed by atoms with Crippen molar-refractivity contribution in [1.29, 1.82) is 0 Å². The summed E-state index contributed by atoms with van der Waals surface area (Å²) in [5, 5.41) is 7.59. The van der Waals surface area contributed by atoms with Crippen LogP contribution in [0, 0.1) is 0 Å². The second-order valence-corrected chi connectivity index (χ2v) is 3.28. The second-order valence-electron chi connectivity index (χ2n) is 3.28. The lowest BCUT2D eigenvalue weighted by atomic mass is 10.0. The Kier molecular flexibility index (Phi) is 1.67. The van der Waals surface area contributed by atoms with Crippen LogP contribution in [0.3, 0.4) is 0 Å². The standard InChI is InChI=1S/C8H11N3O/c12-7-8(3-1-2-4-8)11-6-5-9-10-11/h5-7H,1-4H2. The Morgan fingerprint density at radius 2 is 2.17 bits per heavy atom. The minimum atomic E-state index is -0.378. The molecular formula is C8H11N3O. The van der Waals surface area contributed by atoms with E-state index in [9.17, 15) is 4.79 Å². The molecule has 2 rings (SSSR count). The van der Waals surface area contributed by atoms with E-state index in [2.05, 4.69) is 10.3 Å². The molecule has 0 N–H and O–H groups in total. The molecule has 0 bridgehead atoms. The molecule has 0 aliphatic heterocycles. The molecular weight excluding hydrogens is 154 g/mol. The Morgan fingerprint density at radius 3 is 2.67 bits per heavy atom. The molecule has 1 aliphatic carbocycles. The molecule has 12 heavy (non-hydrogen) atoms. The first-order valence-corrected chi connectivity index (χ1v) is 4.20. The highest BCUT2D eigenvalue weighted by Gasteiger charge is 2.36. The van der Waals surface area contributed by atoms with Crippen molar-refractivity contribution in [2.75, 3.05) is 0 Å². The summed E-state index contributed by atoms with van der Waals surface area (Å²) in [5.41, 5.74) is -0.378. The zero-order valence-electron chi connectivity index (χ0n) is 6.81. The van der Waals surface area contributed by atoms with Crippen LogP contribution in [-0.2, 0) is 10.3 Å². The van der Waals surface area contributed by atoms with Crippen LogP contribution >= 0.6 is 0 Å². The molecule has 0 radical (unpaired) electrons. The quantitative estimate of drug-likeness (QED) is 0.607. The van der Waals surface area contributed by atoms with Gasteiger partial charge in [0.05, 0.1) is 6.20 Å². The summed E-state index contributed by atoms with van der Waals surface area (Å²) in [6, 6.07) is 0. The molecule has 0 atom stereocenters. The fraction of sp³-hybridized carbons (Fsp3) is 0.625. The van der Waals surface area contributed by atoms with E-state index in [1.807, 2.05) is 0 Å². The summed E-state index contributed by atoms with van der Waals surface area (Å²) in [6.45, 7) is 0. The SMILES string of the molecule is O=CC1(n2ccnn2)CCCC1. The first kappa shape index (κ1) is 7.46. The van der Waals surface area contributed by atoms with Crippen molar-refractivity contribution in [2.45, 2.75) is 31.2 Å². The maximum atomic E-state index is 10.9. The van der Waals surface area contributed by atoms with Crippen molar-refractivity contribution in [3.63, 3.8) is 0 Å². The zero-order chi connectivity index (χ0) is 8.44.